The van der Waals surface area contributed by atoms with Crippen LogP contribution in [0, 0.1) is 0 Å². The fourth-order valence-corrected chi connectivity index (χ4v) is 5.95. The van der Waals surface area contributed by atoms with Crippen LogP contribution in [0.25, 0.3) is 0 Å². The third-order valence-electron chi connectivity index (χ3n) is 10.0. The maximum absolute atomic E-state index is 8.56. The quantitative estimate of drug-likeness (QED) is 0.0633. The molecule has 0 radical (unpaired) electrons. The summed E-state index contributed by atoms with van der Waals surface area (Å²) in [6.45, 7) is 34.8. The molecule has 0 saturated heterocycles. The molecule has 26 heteroatoms. The van der Waals surface area contributed by atoms with Crippen LogP contribution in [0.2, 0.25) is 0 Å². The van der Waals surface area contributed by atoms with Crippen molar-refractivity contribution in [2.45, 2.75) is 112 Å². The second kappa shape index (κ2) is 80.0. The van der Waals surface area contributed by atoms with Crippen molar-refractivity contribution in [1.29, 1.82) is 0 Å². The zero-order valence-corrected chi connectivity index (χ0v) is 53.7. The number of hydrogen-bond donors (Lipinski definition) is 2. The Kier molecular flexibility index (Phi) is 83.0. The summed E-state index contributed by atoms with van der Waals surface area (Å²) in [5.74, 6) is 0. The molecule has 4 atom stereocenters. The van der Waals surface area contributed by atoms with Gasteiger partial charge in [-0.3, -0.25) is 0 Å². The SMILES string of the molecule is CCCCOCC(C)OCC(OCC(OCC)OCC)OCC(OCC)OCC(OCC)OCCC.CCCOCCOCCOCCOCCOCCOCCOCCOCCOCCOCCOCCOCCO.COCCOCCO. The largest absolute Gasteiger partial charge is 0.394 e. The number of aliphatic hydroxyl groups excluding tert-OH is 2. The standard InChI is InChI=1S/C27H56O13.C26H54O10.C5H12O3/c1-2-4-29-6-8-31-10-12-33-14-16-35-18-20-37-22-24-39-26-27-40-25-23-38-21-19-36-17-15-34-13-11-32-9-7-30-5-3-28;1-8-14-16-27-17-22(7)33-18-26(35-19-23(28-10-3)29-11-4)36-21-25(31-13-6)34-20-24(30-12-5)32-15-9-2;1-7-4-5-8-3-2-6/h28H,2-27H2,1H3;22-26H,8-21H2,1-7H3;6H,2-5H2,1H3. The van der Waals surface area contributed by atoms with E-state index in [-0.39, 0.29) is 45.7 Å². The summed E-state index contributed by atoms with van der Waals surface area (Å²) in [7, 11) is 1.61. The van der Waals surface area contributed by atoms with Gasteiger partial charge in [-0.25, -0.2) is 0 Å². The number of hydrogen-bond acceptors (Lipinski definition) is 26. The summed E-state index contributed by atoms with van der Waals surface area (Å²) in [5.41, 5.74) is 0. The van der Waals surface area contributed by atoms with Crippen molar-refractivity contribution in [2.75, 3.05) is 271 Å². The van der Waals surface area contributed by atoms with Crippen LogP contribution in [0.3, 0.4) is 0 Å². The minimum atomic E-state index is -0.669. The number of ether oxygens (including phenoxy) is 24. The van der Waals surface area contributed by atoms with Crippen molar-refractivity contribution in [3.05, 3.63) is 0 Å². The Balaban J connectivity index is -0.00000138. The molecular weight excluding hydrogens is 1110 g/mol. The van der Waals surface area contributed by atoms with Crippen LogP contribution < -0.4 is 0 Å². The third-order valence-corrected chi connectivity index (χ3v) is 10.0. The average Bonchev–Trinajstić information content (AvgIpc) is 3.55. The highest BCUT2D eigenvalue weighted by Crippen LogP contribution is 2.09. The van der Waals surface area contributed by atoms with E-state index in [4.69, 9.17) is 119 Å². The molecule has 0 aromatic heterocycles. The molecule has 4 unspecified atom stereocenters. The lowest BCUT2D eigenvalue weighted by Gasteiger charge is -2.26. The van der Waals surface area contributed by atoms with Crippen molar-refractivity contribution in [3.63, 3.8) is 0 Å². The van der Waals surface area contributed by atoms with Crippen LogP contribution in [0.4, 0.5) is 0 Å². The summed E-state index contributed by atoms with van der Waals surface area (Å²) < 4.78 is 132. The predicted molar refractivity (Wildman–Crippen MR) is 314 cm³/mol. The minimum Gasteiger partial charge on any atom is -0.394 e. The maximum Gasteiger partial charge on any atom is 0.181 e. The molecule has 510 valence electrons. The molecule has 0 amide bonds. The highest BCUT2D eigenvalue weighted by molar-refractivity contribution is 4.55. The van der Waals surface area contributed by atoms with E-state index in [0.717, 1.165) is 38.9 Å². The molecule has 26 nitrogen and oxygen atoms in total. The van der Waals surface area contributed by atoms with E-state index in [2.05, 4.69) is 18.6 Å². The molecule has 0 spiro atoms. The third kappa shape index (κ3) is 75.2. The molecule has 0 aliphatic heterocycles. The monoisotopic (exact) mass is 1230 g/mol. The first kappa shape index (κ1) is 87.2. The van der Waals surface area contributed by atoms with E-state index in [1.165, 1.54) is 0 Å². The minimum absolute atomic E-state index is 0.0269. The summed E-state index contributed by atoms with van der Waals surface area (Å²) in [5, 5.41) is 16.8. The number of unbranched alkanes of at least 4 members (excludes halogenated alkanes) is 1. The Bertz CT molecular complexity index is 1080. The fraction of sp³-hybridized carbons (Fsp3) is 1.00. The first-order valence-corrected chi connectivity index (χ1v) is 30.7. The molecule has 0 aliphatic rings. The molecule has 0 bridgehead atoms. The number of rotatable bonds is 70. The summed E-state index contributed by atoms with van der Waals surface area (Å²) in [6, 6.07) is 0. The lowest BCUT2D eigenvalue weighted by atomic mass is 10.3. The molecule has 2 N–H and O–H groups in total. The van der Waals surface area contributed by atoms with Crippen LogP contribution in [-0.4, -0.2) is 313 Å². The van der Waals surface area contributed by atoms with E-state index >= 15 is 0 Å². The Morgan fingerprint density at radius 2 is 0.500 bits per heavy atom. The zero-order chi connectivity index (χ0) is 62.0. The van der Waals surface area contributed by atoms with E-state index < -0.39 is 25.2 Å². The van der Waals surface area contributed by atoms with Crippen molar-refractivity contribution in [2.24, 2.45) is 0 Å². The van der Waals surface area contributed by atoms with E-state index in [9.17, 15) is 0 Å². The molecule has 0 rings (SSSR count). The first-order chi connectivity index (χ1) is 41.4. The lowest BCUT2D eigenvalue weighted by Crippen LogP contribution is -2.36. The van der Waals surface area contributed by atoms with Gasteiger partial charge >= 0.3 is 0 Å². The molecule has 84 heavy (non-hydrogen) atoms. The van der Waals surface area contributed by atoms with Crippen molar-refractivity contribution >= 4 is 0 Å². The van der Waals surface area contributed by atoms with Gasteiger partial charge in [-0.05, 0) is 53.9 Å². The van der Waals surface area contributed by atoms with E-state index in [1.54, 1.807) is 7.11 Å². The lowest BCUT2D eigenvalue weighted by molar-refractivity contribution is -0.266. The Hall–Kier alpha value is -1.04. The molecule has 0 aromatic rings. The van der Waals surface area contributed by atoms with Gasteiger partial charge in [-0.15, -0.1) is 0 Å². The maximum atomic E-state index is 8.56. The van der Waals surface area contributed by atoms with Gasteiger partial charge in [0, 0.05) is 53.4 Å². The topological polar surface area (TPSA) is 262 Å². The molecule has 0 fully saturated rings. The van der Waals surface area contributed by atoms with Crippen LogP contribution in [0.15, 0.2) is 0 Å². The Labute approximate surface area is 506 Å². The summed E-state index contributed by atoms with van der Waals surface area (Å²) >= 11 is 0. The summed E-state index contributed by atoms with van der Waals surface area (Å²) in [6.07, 6.45) is 1.72. The number of methoxy groups -OCH3 is 1. The number of aliphatic hydroxyl groups is 2. The molecule has 0 saturated carbocycles. The smallest absolute Gasteiger partial charge is 0.181 e. The highest BCUT2D eigenvalue weighted by atomic mass is 16.8. The Morgan fingerprint density at radius 1 is 0.238 bits per heavy atom. The second-order valence-corrected chi connectivity index (χ2v) is 17.4. The van der Waals surface area contributed by atoms with Crippen LogP contribution >= 0.6 is 0 Å². The first-order valence-electron chi connectivity index (χ1n) is 30.7. The van der Waals surface area contributed by atoms with Gasteiger partial charge in [0.1, 0.15) is 19.8 Å². The fourth-order valence-electron chi connectivity index (χ4n) is 5.95. The molecule has 0 aromatic carbocycles. The van der Waals surface area contributed by atoms with Gasteiger partial charge in [0.05, 0.1) is 204 Å². The predicted octanol–water partition coefficient (Wildman–Crippen LogP) is 4.36. The van der Waals surface area contributed by atoms with E-state index in [1.807, 2.05) is 41.5 Å². The average molecular weight is 1240 g/mol. The normalized spacial score (nSPS) is 13.0. The molecule has 0 heterocycles. The second-order valence-electron chi connectivity index (χ2n) is 17.4. The van der Waals surface area contributed by atoms with Crippen molar-refractivity contribution < 1.29 is 124 Å². The zero-order valence-electron chi connectivity index (χ0n) is 53.7. The van der Waals surface area contributed by atoms with Crippen LogP contribution in [-0.2, 0) is 114 Å². The van der Waals surface area contributed by atoms with Gasteiger partial charge in [-0.2, -0.15) is 0 Å². The van der Waals surface area contributed by atoms with Gasteiger partial charge in [0.2, 0.25) is 0 Å². The van der Waals surface area contributed by atoms with Crippen LogP contribution in [0.1, 0.15) is 81.1 Å². The van der Waals surface area contributed by atoms with Gasteiger partial charge in [0.15, 0.2) is 25.2 Å². The van der Waals surface area contributed by atoms with E-state index in [0.29, 0.717) is 211 Å². The Morgan fingerprint density at radius 3 is 0.786 bits per heavy atom. The highest BCUT2D eigenvalue weighted by Gasteiger charge is 2.21. The van der Waals surface area contributed by atoms with Crippen LogP contribution in [0.5, 0.6) is 0 Å². The van der Waals surface area contributed by atoms with Crippen molar-refractivity contribution in [1.82, 2.24) is 0 Å². The van der Waals surface area contributed by atoms with Crippen molar-refractivity contribution in [3.8, 4) is 0 Å². The molecular formula is C58H122O26. The summed E-state index contributed by atoms with van der Waals surface area (Å²) in [4.78, 5) is 0. The molecule has 0 aliphatic carbocycles. The van der Waals surface area contributed by atoms with Gasteiger partial charge in [-0.1, -0.05) is 27.2 Å². The van der Waals surface area contributed by atoms with Gasteiger partial charge in [0.25, 0.3) is 0 Å². The van der Waals surface area contributed by atoms with Gasteiger partial charge < -0.3 is 124 Å².